The molecule has 0 spiro atoms. The van der Waals surface area contributed by atoms with Crippen molar-refractivity contribution in [2.24, 2.45) is 0 Å². The van der Waals surface area contributed by atoms with Crippen molar-refractivity contribution in [3.63, 3.8) is 0 Å². The lowest BCUT2D eigenvalue weighted by Crippen LogP contribution is -2.27. The van der Waals surface area contributed by atoms with Gasteiger partial charge in [0.05, 0.1) is 0 Å². The van der Waals surface area contributed by atoms with Gasteiger partial charge in [-0.3, -0.25) is 0 Å². The van der Waals surface area contributed by atoms with E-state index in [9.17, 15) is 0 Å². The van der Waals surface area contributed by atoms with Gasteiger partial charge in [-0.1, -0.05) is 206 Å². The molecule has 9 aromatic carbocycles. The van der Waals surface area contributed by atoms with Gasteiger partial charge < -0.3 is 0 Å². The van der Waals surface area contributed by atoms with Crippen molar-refractivity contribution in [1.82, 2.24) is 29.9 Å². The Morgan fingerprint density at radius 3 is 1.03 bits per heavy atom. The summed E-state index contributed by atoms with van der Waals surface area (Å²) in [6.07, 6.45) is 0. The summed E-state index contributed by atoms with van der Waals surface area (Å²) in [6.45, 7) is 0. The summed E-state index contributed by atoms with van der Waals surface area (Å²) in [7, 11) is 0. The SMILES string of the molecule is c1ccc(-c2nc(-c3ccccc3)nc(-c3ccc4c(c3)C3c5ccccc5C4c4cc(-c5nc(-c6ccccc6)nc(-c6ccc(-c7cccc8ccccc78)cc6)n5)ccc43)n2)cc1. The normalized spacial score (nSPS) is 14.4. The summed E-state index contributed by atoms with van der Waals surface area (Å²) in [5.74, 6) is 3.93. The molecule has 0 saturated carbocycles. The van der Waals surface area contributed by atoms with E-state index >= 15 is 0 Å². The van der Waals surface area contributed by atoms with Crippen molar-refractivity contribution in [1.29, 1.82) is 0 Å². The van der Waals surface area contributed by atoms with E-state index in [1.54, 1.807) is 0 Å². The van der Waals surface area contributed by atoms with Gasteiger partial charge in [0.2, 0.25) is 0 Å². The van der Waals surface area contributed by atoms with E-state index in [4.69, 9.17) is 29.9 Å². The largest absolute Gasteiger partial charge is 0.208 e. The second-order valence-electron chi connectivity index (χ2n) is 17.0. The minimum atomic E-state index is 0.0276. The molecule has 3 aliphatic rings. The number of fused-ring (bicyclic) bond motifs is 1. The van der Waals surface area contributed by atoms with Crippen molar-refractivity contribution < 1.29 is 0 Å². The van der Waals surface area contributed by atoms with Crippen molar-refractivity contribution in [2.75, 3.05) is 0 Å². The van der Waals surface area contributed by atoms with Gasteiger partial charge in [0.25, 0.3) is 0 Å². The van der Waals surface area contributed by atoms with Crippen molar-refractivity contribution in [3.05, 3.63) is 252 Å². The van der Waals surface area contributed by atoms with Gasteiger partial charge in [-0.25, -0.2) is 29.9 Å². The number of benzene rings is 9. The third-order valence-electron chi connectivity index (χ3n) is 13.2. The van der Waals surface area contributed by atoms with Crippen LogP contribution in [-0.2, 0) is 0 Å². The topological polar surface area (TPSA) is 77.3 Å². The van der Waals surface area contributed by atoms with Crippen LogP contribution in [0.5, 0.6) is 0 Å². The Bertz CT molecular complexity index is 3580. The Kier molecular flexibility index (Phi) is 8.88. The molecule has 3 aliphatic carbocycles. The highest BCUT2D eigenvalue weighted by Crippen LogP contribution is 2.56. The van der Waals surface area contributed by atoms with E-state index in [-0.39, 0.29) is 11.8 Å². The first-order valence-electron chi connectivity index (χ1n) is 22.3. The zero-order valence-electron chi connectivity index (χ0n) is 35.6. The Morgan fingerprint density at radius 1 is 0.227 bits per heavy atom. The second kappa shape index (κ2) is 15.5. The van der Waals surface area contributed by atoms with Crippen LogP contribution in [0, 0.1) is 0 Å². The number of hydrogen-bond acceptors (Lipinski definition) is 6. The minimum absolute atomic E-state index is 0.0276. The summed E-state index contributed by atoms with van der Waals surface area (Å²) in [6, 6.07) is 76.5. The quantitative estimate of drug-likeness (QED) is 0.159. The summed E-state index contributed by atoms with van der Waals surface area (Å²) in [5.41, 5.74) is 15.8. The molecule has 2 heterocycles. The molecule has 2 unspecified atom stereocenters. The maximum absolute atomic E-state index is 5.21. The van der Waals surface area contributed by atoms with E-state index in [0.29, 0.717) is 34.9 Å². The predicted molar refractivity (Wildman–Crippen MR) is 264 cm³/mol. The van der Waals surface area contributed by atoms with Crippen LogP contribution in [0.25, 0.3) is 90.2 Å². The lowest BCUT2D eigenvalue weighted by Gasteiger charge is -2.42. The van der Waals surface area contributed by atoms with Gasteiger partial charge in [-0.05, 0) is 67.4 Å². The molecular weight excluding hydrogens is 805 g/mol. The molecule has 0 amide bonds. The molecule has 2 atom stereocenters. The summed E-state index contributed by atoms with van der Waals surface area (Å²) in [5, 5.41) is 2.45. The van der Waals surface area contributed by atoms with Gasteiger partial charge in [0.1, 0.15) is 0 Å². The highest BCUT2D eigenvalue weighted by Gasteiger charge is 2.41. The number of aromatic nitrogens is 6. The third-order valence-corrected chi connectivity index (χ3v) is 13.2. The molecule has 2 aromatic heterocycles. The number of rotatable bonds is 7. The maximum Gasteiger partial charge on any atom is 0.164 e. The molecule has 0 aliphatic heterocycles. The first-order valence-corrected chi connectivity index (χ1v) is 22.3. The van der Waals surface area contributed by atoms with E-state index in [1.807, 2.05) is 78.9 Å². The lowest BCUT2D eigenvalue weighted by atomic mass is 9.61. The molecule has 14 rings (SSSR count). The fourth-order valence-electron chi connectivity index (χ4n) is 10.1. The summed E-state index contributed by atoms with van der Waals surface area (Å²) in [4.78, 5) is 30.6. The van der Waals surface area contributed by atoms with Crippen molar-refractivity contribution in [2.45, 2.75) is 11.8 Å². The monoisotopic (exact) mass is 842 g/mol. The molecule has 0 saturated heterocycles. The van der Waals surface area contributed by atoms with Gasteiger partial charge >= 0.3 is 0 Å². The molecular formula is C60H38N6. The average Bonchev–Trinajstić information content (AvgIpc) is 3.40. The molecule has 308 valence electrons. The third kappa shape index (κ3) is 6.41. The Balaban J connectivity index is 0.911. The minimum Gasteiger partial charge on any atom is -0.208 e. The van der Waals surface area contributed by atoms with Crippen LogP contribution in [0.1, 0.15) is 45.2 Å². The zero-order valence-corrected chi connectivity index (χ0v) is 35.6. The van der Waals surface area contributed by atoms with Crippen LogP contribution in [0.3, 0.4) is 0 Å². The number of nitrogens with zero attached hydrogens (tertiary/aromatic N) is 6. The van der Waals surface area contributed by atoms with Crippen LogP contribution in [0.15, 0.2) is 218 Å². The molecule has 6 heteroatoms. The maximum atomic E-state index is 5.21. The van der Waals surface area contributed by atoms with Gasteiger partial charge in [-0.15, -0.1) is 0 Å². The van der Waals surface area contributed by atoms with Gasteiger partial charge in [0, 0.05) is 45.2 Å². The average molecular weight is 843 g/mol. The first kappa shape index (κ1) is 37.8. The fourth-order valence-corrected chi connectivity index (χ4v) is 10.1. The first-order chi connectivity index (χ1) is 32.7. The Morgan fingerprint density at radius 2 is 0.561 bits per heavy atom. The highest BCUT2D eigenvalue weighted by molar-refractivity contribution is 5.96. The van der Waals surface area contributed by atoms with E-state index in [2.05, 4.69) is 140 Å². The van der Waals surface area contributed by atoms with Gasteiger partial charge in [0.15, 0.2) is 34.9 Å². The molecule has 0 fully saturated rings. The fraction of sp³-hybridized carbons (Fsp3) is 0.0333. The van der Waals surface area contributed by atoms with Crippen molar-refractivity contribution in [3.8, 4) is 79.5 Å². The molecule has 66 heavy (non-hydrogen) atoms. The predicted octanol–water partition coefficient (Wildman–Crippen LogP) is 13.9. The summed E-state index contributed by atoms with van der Waals surface area (Å²) >= 11 is 0. The lowest BCUT2D eigenvalue weighted by molar-refractivity contribution is 0.754. The van der Waals surface area contributed by atoms with Crippen LogP contribution < -0.4 is 0 Å². The molecule has 2 bridgehead atoms. The highest BCUT2D eigenvalue weighted by atomic mass is 15.0. The molecule has 6 nitrogen and oxygen atoms in total. The molecule has 0 radical (unpaired) electrons. The second-order valence-corrected chi connectivity index (χ2v) is 17.0. The van der Waals surface area contributed by atoms with Gasteiger partial charge in [-0.2, -0.15) is 0 Å². The van der Waals surface area contributed by atoms with E-state index in [1.165, 1.54) is 49.7 Å². The molecule has 0 N–H and O–H groups in total. The molecule has 11 aromatic rings. The standard InChI is InChI=1S/C60H38N6/c1-4-16-39(17-5-1)55-61-56(40-18-6-2-7-19-40)64-59(63-55)43-31-33-49-51(35-43)53-47-24-12-13-25-48(47)54(49)52-36-44(32-34-50(52)53)60-65-57(41-20-8-3-9-21-41)62-58(66-60)42-29-27-38(28-30-42)46-26-14-22-37-15-10-11-23-45(37)46/h1-36,53-54H. The number of hydrogen-bond donors (Lipinski definition) is 0. The summed E-state index contributed by atoms with van der Waals surface area (Å²) < 4.78 is 0. The Hall–Kier alpha value is -8.74. The van der Waals surface area contributed by atoms with Crippen LogP contribution in [-0.4, -0.2) is 29.9 Å². The van der Waals surface area contributed by atoms with Crippen LogP contribution >= 0.6 is 0 Å². The van der Waals surface area contributed by atoms with E-state index < -0.39 is 0 Å². The van der Waals surface area contributed by atoms with Crippen LogP contribution in [0.4, 0.5) is 0 Å². The van der Waals surface area contributed by atoms with Crippen molar-refractivity contribution >= 4 is 10.8 Å². The Labute approximate surface area is 382 Å². The van der Waals surface area contributed by atoms with Crippen LogP contribution in [0.2, 0.25) is 0 Å². The van der Waals surface area contributed by atoms with E-state index in [0.717, 1.165) is 38.9 Å². The smallest absolute Gasteiger partial charge is 0.164 e. The zero-order chi connectivity index (χ0) is 43.6.